The molecular weight excluding hydrogens is 328 g/mol. The molecule has 0 atom stereocenters. The fourth-order valence-corrected chi connectivity index (χ4v) is 1.68. The first-order valence-electron chi connectivity index (χ1n) is 6.25. The number of ether oxygens (including phenoxy) is 1. The van der Waals surface area contributed by atoms with Gasteiger partial charge in [-0.1, -0.05) is 11.6 Å². The van der Waals surface area contributed by atoms with E-state index in [2.05, 4.69) is 5.43 Å². The van der Waals surface area contributed by atoms with Crippen LogP contribution in [-0.2, 0) is 9.53 Å². The van der Waals surface area contributed by atoms with E-state index in [9.17, 15) is 19.5 Å². The Bertz CT molecular complexity index is 729. The Labute approximate surface area is 135 Å². The molecule has 0 aliphatic rings. The van der Waals surface area contributed by atoms with Crippen LogP contribution < -0.4 is 10.9 Å². The van der Waals surface area contributed by atoms with Crippen molar-refractivity contribution in [2.75, 3.05) is 6.61 Å². The quantitative estimate of drug-likeness (QED) is 0.570. The lowest BCUT2D eigenvalue weighted by molar-refractivity contribution is -0.125. The molecule has 1 aromatic carbocycles. The first-order chi connectivity index (χ1) is 11.0. The van der Waals surface area contributed by atoms with E-state index >= 15 is 0 Å². The van der Waals surface area contributed by atoms with Crippen LogP contribution in [0.4, 0.5) is 0 Å². The summed E-state index contributed by atoms with van der Waals surface area (Å²) in [5, 5.41) is 9.80. The molecule has 9 heteroatoms. The zero-order valence-corrected chi connectivity index (χ0v) is 12.3. The summed E-state index contributed by atoms with van der Waals surface area (Å²) in [6.45, 7) is -0.653. The number of hydrazine groups is 1. The Hall–Kier alpha value is -3.00. The summed E-state index contributed by atoms with van der Waals surface area (Å²) in [6, 6.07) is 6.74. The van der Waals surface area contributed by atoms with Crippen molar-refractivity contribution in [3.8, 4) is 5.75 Å². The number of phenols is 1. The SMILES string of the molecule is O=C(COC(=O)c1ccc(Cl)cc1O)NNC(=O)c1ccco1. The molecule has 1 heterocycles. The minimum atomic E-state index is -0.910. The van der Waals surface area contributed by atoms with E-state index < -0.39 is 24.4 Å². The van der Waals surface area contributed by atoms with Crippen LogP contribution in [0.5, 0.6) is 5.75 Å². The summed E-state index contributed by atoms with van der Waals surface area (Å²) in [5.41, 5.74) is 3.98. The number of phenolic OH excluding ortho intramolecular Hbond substituents is 1. The number of rotatable bonds is 4. The van der Waals surface area contributed by atoms with Crippen molar-refractivity contribution >= 4 is 29.4 Å². The number of hydrogen-bond donors (Lipinski definition) is 3. The average molecular weight is 339 g/mol. The minimum absolute atomic E-state index is 0.00776. The van der Waals surface area contributed by atoms with Gasteiger partial charge in [0, 0.05) is 5.02 Å². The number of aromatic hydroxyl groups is 1. The highest BCUT2D eigenvalue weighted by Crippen LogP contribution is 2.22. The lowest BCUT2D eigenvalue weighted by Gasteiger charge is -2.08. The summed E-state index contributed by atoms with van der Waals surface area (Å²) >= 11 is 5.64. The third-order valence-corrected chi connectivity index (χ3v) is 2.81. The van der Waals surface area contributed by atoms with Crippen LogP contribution >= 0.6 is 11.6 Å². The van der Waals surface area contributed by atoms with Crippen molar-refractivity contribution in [2.45, 2.75) is 0 Å². The molecular formula is C14H11ClN2O6. The monoisotopic (exact) mass is 338 g/mol. The Balaban J connectivity index is 1.80. The van der Waals surface area contributed by atoms with Crippen LogP contribution in [0.25, 0.3) is 0 Å². The number of hydrogen-bond acceptors (Lipinski definition) is 6. The fraction of sp³-hybridized carbons (Fsp3) is 0.0714. The van der Waals surface area contributed by atoms with Gasteiger partial charge < -0.3 is 14.3 Å². The summed E-state index contributed by atoms with van der Waals surface area (Å²) in [7, 11) is 0. The number of furan rings is 1. The maximum Gasteiger partial charge on any atom is 0.342 e. The van der Waals surface area contributed by atoms with Gasteiger partial charge in [-0.15, -0.1) is 0 Å². The zero-order valence-electron chi connectivity index (χ0n) is 11.5. The number of carbonyl (C=O) groups excluding carboxylic acids is 3. The minimum Gasteiger partial charge on any atom is -0.507 e. The van der Waals surface area contributed by atoms with Gasteiger partial charge in [-0.05, 0) is 30.3 Å². The first-order valence-corrected chi connectivity index (χ1v) is 6.63. The van der Waals surface area contributed by atoms with E-state index in [1.807, 2.05) is 5.43 Å². The largest absolute Gasteiger partial charge is 0.507 e. The van der Waals surface area contributed by atoms with E-state index in [-0.39, 0.29) is 22.1 Å². The number of halogens is 1. The molecule has 0 radical (unpaired) electrons. The Morgan fingerprint density at radius 2 is 2.00 bits per heavy atom. The van der Waals surface area contributed by atoms with Gasteiger partial charge in [0.05, 0.1) is 6.26 Å². The molecule has 1 aromatic heterocycles. The molecule has 2 aromatic rings. The summed E-state index contributed by atoms with van der Waals surface area (Å²) < 4.78 is 9.52. The fourth-order valence-electron chi connectivity index (χ4n) is 1.52. The number of amides is 2. The van der Waals surface area contributed by atoms with E-state index in [1.54, 1.807) is 0 Å². The van der Waals surface area contributed by atoms with Gasteiger partial charge in [0.15, 0.2) is 12.4 Å². The molecule has 23 heavy (non-hydrogen) atoms. The van der Waals surface area contributed by atoms with Crippen LogP contribution in [-0.4, -0.2) is 29.5 Å². The lowest BCUT2D eigenvalue weighted by atomic mass is 10.2. The number of nitrogens with one attached hydrogen (secondary N) is 2. The maximum absolute atomic E-state index is 11.7. The van der Waals surface area contributed by atoms with Crippen LogP contribution in [0.2, 0.25) is 5.02 Å². The van der Waals surface area contributed by atoms with E-state index in [0.29, 0.717) is 0 Å². The number of benzene rings is 1. The van der Waals surface area contributed by atoms with Gasteiger partial charge in [0.1, 0.15) is 11.3 Å². The van der Waals surface area contributed by atoms with Crippen LogP contribution in [0, 0.1) is 0 Å². The Kier molecular flexibility index (Phi) is 5.21. The molecule has 0 aliphatic carbocycles. The van der Waals surface area contributed by atoms with Gasteiger partial charge in [0.25, 0.3) is 5.91 Å². The van der Waals surface area contributed by atoms with Gasteiger partial charge in [-0.3, -0.25) is 20.4 Å². The lowest BCUT2D eigenvalue weighted by Crippen LogP contribution is -2.43. The second kappa shape index (κ2) is 7.32. The van der Waals surface area contributed by atoms with E-state index in [0.717, 1.165) is 0 Å². The van der Waals surface area contributed by atoms with Crippen molar-refractivity contribution < 1.29 is 28.6 Å². The second-order valence-corrected chi connectivity index (χ2v) is 4.65. The Morgan fingerprint density at radius 1 is 1.22 bits per heavy atom. The van der Waals surface area contributed by atoms with Crippen LogP contribution in [0.1, 0.15) is 20.9 Å². The van der Waals surface area contributed by atoms with Gasteiger partial charge in [-0.2, -0.15) is 0 Å². The van der Waals surface area contributed by atoms with Crippen LogP contribution in [0.3, 0.4) is 0 Å². The number of esters is 1. The molecule has 8 nitrogen and oxygen atoms in total. The molecule has 0 unspecified atom stereocenters. The smallest absolute Gasteiger partial charge is 0.342 e. The normalized spacial score (nSPS) is 9.96. The van der Waals surface area contributed by atoms with Crippen molar-refractivity contribution in [1.82, 2.24) is 10.9 Å². The summed E-state index contributed by atoms with van der Waals surface area (Å²) in [5.74, 6) is -2.70. The van der Waals surface area contributed by atoms with Gasteiger partial charge in [0.2, 0.25) is 0 Å². The van der Waals surface area contributed by atoms with Crippen molar-refractivity contribution in [2.24, 2.45) is 0 Å². The van der Waals surface area contributed by atoms with Crippen molar-refractivity contribution in [3.05, 3.63) is 52.9 Å². The zero-order chi connectivity index (χ0) is 16.8. The third kappa shape index (κ3) is 4.48. The predicted molar refractivity (Wildman–Crippen MR) is 77.7 cm³/mol. The van der Waals surface area contributed by atoms with Crippen LogP contribution in [0.15, 0.2) is 41.0 Å². The van der Waals surface area contributed by atoms with Gasteiger partial charge in [-0.25, -0.2) is 4.79 Å². The molecule has 2 amide bonds. The molecule has 0 bridgehead atoms. The van der Waals surface area contributed by atoms with Gasteiger partial charge >= 0.3 is 11.9 Å². The first kappa shape index (κ1) is 16.4. The molecule has 0 saturated carbocycles. The molecule has 0 aliphatic heterocycles. The maximum atomic E-state index is 11.7. The molecule has 3 N–H and O–H groups in total. The second-order valence-electron chi connectivity index (χ2n) is 4.22. The number of carbonyl (C=O) groups is 3. The Morgan fingerprint density at radius 3 is 2.65 bits per heavy atom. The van der Waals surface area contributed by atoms with E-state index in [4.69, 9.17) is 20.8 Å². The molecule has 0 spiro atoms. The molecule has 0 saturated heterocycles. The highest BCUT2D eigenvalue weighted by Gasteiger charge is 2.15. The highest BCUT2D eigenvalue weighted by atomic mass is 35.5. The molecule has 120 valence electrons. The predicted octanol–water partition coefficient (Wildman–Crippen LogP) is 1.26. The summed E-state index contributed by atoms with van der Waals surface area (Å²) in [4.78, 5) is 34.6. The van der Waals surface area contributed by atoms with E-state index in [1.165, 1.54) is 36.6 Å². The highest BCUT2D eigenvalue weighted by molar-refractivity contribution is 6.30. The third-order valence-electron chi connectivity index (χ3n) is 2.57. The molecule has 2 rings (SSSR count). The summed E-state index contributed by atoms with van der Waals surface area (Å²) in [6.07, 6.45) is 1.30. The molecule has 0 fully saturated rings. The average Bonchev–Trinajstić information content (AvgIpc) is 3.04. The van der Waals surface area contributed by atoms with Crippen molar-refractivity contribution in [1.29, 1.82) is 0 Å². The topological polar surface area (TPSA) is 118 Å². The van der Waals surface area contributed by atoms with Crippen molar-refractivity contribution in [3.63, 3.8) is 0 Å². The standard InChI is InChI=1S/C14H11ClN2O6/c15-8-3-4-9(10(18)6-8)14(21)23-7-12(19)16-17-13(20)11-2-1-5-22-11/h1-6,18H,7H2,(H,16,19)(H,17,20).